The Kier molecular flexibility index (Phi) is 4.33. The van der Waals surface area contributed by atoms with E-state index in [1.165, 1.54) is 18.2 Å². The number of hydrogen-bond donors (Lipinski definition) is 0. The highest BCUT2D eigenvalue weighted by atomic mass is 16.6. The topological polar surface area (TPSA) is 63.5 Å². The normalized spacial score (nSPS) is 10.2. The minimum atomic E-state index is -0.499. The number of hydrogen-bond acceptors (Lipinski definition) is 4. The van der Waals surface area contributed by atoms with E-state index in [2.05, 4.69) is 0 Å². The van der Waals surface area contributed by atoms with Gasteiger partial charge in [0.2, 0.25) is 0 Å². The smallest absolute Gasteiger partial charge is 0.270 e. The van der Waals surface area contributed by atoms with Crippen molar-refractivity contribution in [3.8, 4) is 0 Å². The first-order valence-electron chi connectivity index (χ1n) is 6.53. The van der Waals surface area contributed by atoms with Gasteiger partial charge in [0.25, 0.3) is 5.69 Å². The number of benzene rings is 2. The van der Waals surface area contributed by atoms with Crippen LogP contribution in [0.2, 0.25) is 0 Å². The number of Topliss-reactive ketones (excluding diaryl/α,β-unsaturated/α-hetero) is 1. The summed E-state index contributed by atoms with van der Waals surface area (Å²) in [4.78, 5) is 24.3. The lowest BCUT2D eigenvalue weighted by Crippen LogP contribution is -2.25. The van der Waals surface area contributed by atoms with Gasteiger partial charge in [-0.15, -0.1) is 0 Å². The summed E-state index contributed by atoms with van der Waals surface area (Å²) in [5.41, 5.74) is 2.33. The van der Waals surface area contributed by atoms with Crippen LogP contribution in [0.5, 0.6) is 0 Å². The zero-order valence-electron chi connectivity index (χ0n) is 11.9. The molecule has 0 atom stereocenters. The van der Waals surface area contributed by atoms with Crippen LogP contribution in [0.25, 0.3) is 0 Å². The van der Waals surface area contributed by atoms with Crippen LogP contribution in [-0.2, 0) is 0 Å². The van der Waals surface area contributed by atoms with Gasteiger partial charge in [0.15, 0.2) is 5.78 Å². The summed E-state index contributed by atoms with van der Waals surface area (Å²) in [5, 5.41) is 10.7. The zero-order chi connectivity index (χ0) is 15.4. The number of nitro groups is 1. The average Bonchev–Trinajstić information content (AvgIpc) is 2.47. The summed E-state index contributed by atoms with van der Waals surface area (Å²) in [6.45, 7) is 2.16. The van der Waals surface area contributed by atoms with Crippen LogP contribution in [0, 0.1) is 17.0 Å². The van der Waals surface area contributed by atoms with Gasteiger partial charge in [-0.05, 0) is 24.6 Å². The van der Waals surface area contributed by atoms with Crippen molar-refractivity contribution < 1.29 is 9.72 Å². The van der Waals surface area contributed by atoms with Gasteiger partial charge in [-0.2, -0.15) is 0 Å². The maximum atomic E-state index is 12.2. The van der Waals surface area contributed by atoms with Gasteiger partial charge in [-0.25, -0.2) is 0 Å². The quantitative estimate of drug-likeness (QED) is 0.480. The third kappa shape index (κ3) is 3.66. The van der Waals surface area contributed by atoms with Gasteiger partial charge < -0.3 is 4.90 Å². The fourth-order valence-electron chi connectivity index (χ4n) is 2.06. The van der Waals surface area contributed by atoms with Crippen LogP contribution < -0.4 is 4.90 Å². The molecule has 0 saturated carbocycles. The van der Waals surface area contributed by atoms with Crippen LogP contribution in [0.4, 0.5) is 11.4 Å². The molecule has 0 bridgehead atoms. The molecule has 0 amide bonds. The van der Waals surface area contributed by atoms with Gasteiger partial charge in [-0.1, -0.05) is 24.3 Å². The van der Waals surface area contributed by atoms with Crippen molar-refractivity contribution >= 4 is 17.2 Å². The van der Waals surface area contributed by atoms with Gasteiger partial charge in [0.1, 0.15) is 0 Å². The van der Waals surface area contributed by atoms with E-state index < -0.39 is 4.92 Å². The van der Waals surface area contributed by atoms with Crippen LogP contribution >= 0.6 is 0 Å². The maximum absolute atomic E-state index is 12.2. The van der Waals surface area contributed by atoms with Gasteiger partial charge in [-0.3, -0.25) is 14.9 Å². The van der Waals surface area contributed by atoms with E-state index in [0.717, 1.165) is 11.3 Å². The molecule has 0 aliphatic rings. The number of carbonyl (C=O) groups excluding carboxylic acids is 1. The molecule has 0 radical (unpaired) electrons. The molecule has 2 aromatic rings. The van der Waals surface area contributed by atoms with Crippen LogP contribution in [0.1, 0.15) is 15.9 Å². The molecule has 0 unspecified atom stereocenters. The summed E-state index contributed by atoms with van der Waals surface area (Å²) >= 11 is 0. The first kappa shape index (κ1) is 14.7. The Hall–Kier alpha value is -2.69. The lowest BCUT2D eigenvalue weighted by atomic mass is 10.1. The highest BCUT2D eigenvalue weighted by Crippen LogP contribution is 2.17. The van der Waals surface area contributed by atoms with E-state index >= 15 is 0 Å². The van der Waals surface area contributed by atoms with Gasteiger partial charge in [0.05, 0.1) is 11.5 Å². The summed E-state index contributed by atoms with van der Waals surface area (Å²) in [6.07, 6.45) is 0. The molecule has 0 saturated heterocycles. The van der Waals surface area contributed by atoms with Crippen molar-refractivity contribution in [1.82, 2.24) is 0 Å². The number of rotatable bonds is 5. The Balaban J connectivity index is 2.14. The second kappa shape index (κ2) is 6.17. The second-order valence-corrected chi connectivity index (χ2v) is 4.93. The van der Waals surface area contributed by atoms with Crippen molar-refractivity contribution in [2.45, 2.75) is 6.92 Å². The molecule has 108 valence electrons. The van der Waals surface area contributed by atoms with E-state index in [4.69, 9.17) is 0 Å². The second-order valence-electron chi connectivity index (χ2n) is 4.93. The van der Waals surface area contributed by atoms with E-state index in [0.29, 0.717) is 5.56 Å². The highest BCUT2D eigenvalue weighted by Gasteiger charge is 2.13. The number of nitro benzene ring substituents is 1. The molecule has 0 aliphatic heterocycles. The number of likely N-dealkylation sites (N-methyl/N-ethyl adjacent to an activating group) is 1. The predicted octanol–water partition coefficient (Wildman–Crippen LogP) is 3.22. The molecule has 0 N–H and O–H groups in total. The molecule has 2 aromatic carbocycles. The Morgan fingerprint density at radius 1 is 1.19 bits per heavy atom. The fraction of sp³-hybridized carbons (Fsp3) is 0.188. The summed E-state index contributed by atoms with van der Waals surface area (Å²) in [6, 6.07) is 13.6. The van der Waals surface area contributed by atoms with Crippen molar-refractivity contribution in [2.24, 2.45) is 0 Å². The van der Waals surface area contributed by atoms with Crippen molar-refractivity contribution in [2.75, 3.05) is 18.5 Å². The van der Waals surface area contributed by atoms with Crippen molar-refractivity contribution in [1.29, 1.82) is 0 Å². The average molecular weight is 284 g/mol. The number of anilines is 1. The standard InChI is InChI=1S/C16H16N2O3/c1-12-5-3-7-14(9-12)17(2)11-16(19)13-6-4-8-15(10-13)18(20)21/h3-10H,11H2,1-2H3. The first-order valence-corrected chi connectivity index (χ1v) is 6.53. The first-order chi connectivity index (χ1) is 9.97. The lowest BCUT2D eigenvalue weighted by Gasteiger charge is -2.18. The molecule has 5 nitrogen and oxygen atoms in total. The van der Waals surface area contributed by atoms with Crippen molar-refractivity contribution in [3.05, 3.63) is 69.8 Å². The Labute approximate surface area is 123 Å². The molecule has 21 heavy (non-hydrogen) atoms. The molecule has 0 heterocycles. The van der Waals surface area contributed by atoms with E-state index in [1.54, 1.807) is 6.07 Å². The predicted molar refractivity (Wildman–Crippen MR) is 81.9 cm³/mol. The molecule has 0 aromatic heterocycles. The number of non-ortho nitro benzene ring substituents is 1. The Morgan fingerprint density at radius 3 is 2.57 bits per heavy atom. The highest BCUT2D eigenvalue weighted by molar-refractivity contribution is 5.99. The van der Waals surface area contributed by atoms with Crippen LogP contribution in [0.3, 0.4) is 0 Å². The number of carbonyl (C=O) groups is 1. The molecular formula is C16H16N2O3. The Bertz CT molecular complexity index is 683. The fourth-order valence-corrected chi connectivity index (χ4v) is 2.06. The van der Waals surface area contributed by atoms with Crippen molar-refractivity contribution in [3.63, 3.8) is 0 Å². The summed E-state index contributed by atoms with van der Waals surface area (Å²) in [7, 11) is 1.82. The molecule has 0 fully saturated rings. The van der Waals surface area contributed by atoms with E-state index in [1.807, 2.05) is 43.1 Å². The van der Waals surface area contributed by atoms with Gasteiger partial charge >= 0.3 is 0 Å². The molecule has 2 rings (SSSR count). The van der Waals surface area contributed by atoms with Crippen LogP contribution in [0.15, 0.2) is 48.5 Å². The monoisotopic (exact) mass is 284 g/mol. The maximum Gasteiger partial charge on any atom is 0.270 e. The summed E-state index contributed by atoms with van der Waals surface area (Å²) < 4.78 is 0. The minimum Gasteiger partial charge on any atom is -0.367 e. The molecular weight excluding hydrogens is 268 g/mol. The SMILES string of the molecule is Cc1cccc(N(C)CC(=O)c2cccc([N+](=O)[O-])c2)c1. The number of aryl methyl sites for hydroxylation is 1. The molecule has 0 aliphatic carbocycles. The number of nitrogens with zero attached hydrogens (tertiary/aromatic N) is 2. The largest absolute Gasteiger partial charge is 0.367 e. The van der Waals surface area contributed by atoms with E-state index in [-0.39, 0.29) is 18.0 Å². The third-order valence-electron chi connectivity index (χ3n) is 3.20. The summed E-state index contributed by atoms with van der Waals surface area (Å²) in [5.74, 6) is -0.150. The third-order valence-corrected chi connectivity index (χ3v) is 3.20. The van der Waals surface area contributed by atoms with Crippen LogP contribution in [-0.4, -0.2) is 24.3 Å². The van der Waals surface area contributed by atoms with E-state index in [9.17, 15) is 14.9 Å². The molecule has 5 heteroatoms. The number of ketones is 1. The molecule has 0 spiro atoms. The minimum absolute atomic E-state index is 0.0703. The van der Waals surface area contributed by atoms with Gasteiger partial charge in [0, 0.05) is 30.4 Å². The zero-order valence-corrected chi connectivity index (χ0v) is 11.9. The lowest BCUT2D eigenvalue weighted by molar-refractivity contribution is -0.384. The Morgan fingerprint density at radius 2 is 1.90 bits per heavy atom.